The van der Waals surface area contributed by atoms with Gasteiger partial charge in [-0.2, -0.15) is 0 Å². The molecule has 6 heteroatoms. The maximum Gasteiger partial charge on any atom is 0.361 e. The van der Waals surface area contributed by atoms with Crippen molar-refractivity contribution in [3.63, 3.8) is 0 Å². The Morgan fingerprint density at radius 3 is 2.67 bits per heavy atom. The van der Waals surface area contributed by atoms with Crippen LogP contribution in [0.4, 0.5) is 0 Å². The summed E-state index contributed by atoms with van der Waals surface area (Å²) in [7, 11) is 0. The minimum atomic E-state index is -0.942. The van der Waals surface area contributed by atoms with Gasteiger partial charge in [-0.1, -0.05) is 42.5 Å². The average Bonchev–Trinajstić information content (AvgIpc) is 3.16. The van der Waals surface area contributed by atoms with Crippen LogP contribution < -0.4 is 5.32 Å². The van der Waals surface area contributed by atoms with Crippen LogP contribution in [0.2, 0.25) is 0 Å². The van der Waals surface area contributed by atoms with Crippen LogP contribution in [-0.4, -0.2) is 23.0 Å². The summed E-state index contributed by atoms with van der Waals surface area (Å²) in [6.45, 7) is 3.22. The fourth-order valence-electron chi connectivity index (χ4n) is 3.75. The fraction of sp³-hybridized carbons (Fsp3) is 0.292. The summed E-state index contributed by atoms with van der Waals surface area (Å²) >= 11 is 0. The summed E-state index contributed by atoms with van der Waals surface area (Å²) in [6, 6.07) is 17.4. The van der Waals surface area contributed by atoms with Crippen molar-refractivity contribution < 1.29 is 18.7 Å². The van der Waals surface area contributed by atoms with Crippen LogP contribution in [0.15, 0.2) is 59.0 Å². The lowest BCUT2D eigenvalue weighted by atomic mass is 9.87. The topological polar surface area (TPSA) is 81.4 Å². The van der Waals surface area contributed by atoms with Gasteiger partial charge >= 0.3 is 5.97 Å². The molecule has 0 saturated heterocycles. The molecule has 0 spiro atoms. The van der Waals surface area contributed by atoms with Crippen LogP contribution in [-0.2, 0) is 16.0 Å². The second-order valence-corrected chi connectivity index (χ2v) is 7.49. The smallest absolute Gasteiger partial charge is 0.361 e. The third-order valence-electron chi connectivity index (χ3n) is 5.35. The molecule has 4 rings (SSSR count). The van der Waals surface area contributed by atoms with Crippen LogP contribution in [0, 0.1) is 6.92 Å². The van der Waals surface area contributed by atoms with Crippen molar-refractivity contribution in [3.05, 3.63) is 77.2 Å². The number of amides is 1. The van der Waals surface area contributed by atoms with E-state index in [9.17, 15) is 9.59 Å². The summed E-state index contributed by atoms with van der Waals surface area (Å²) in [5.74, 6) is -0.303. The molecule has 0 unspecified atom stereocenters. The van der Waals surface area contributed by atoms with Gasteiger partial charge in [0.2, 0.25) is 5.89 Å². The molecule has 0 saturated carbocycles. The van der Waals surface area contributed by atoms with Crippen molar-refractivity contribution in [3.8, 4) is 11.5 Å². The van der Waals surface area contributed by atoms with E-state index in [1.54, 1.807) is 13.8 Å². The van der Waals surface area contributed by atoms with Gasteiger partial charge in [0.25, 0.3) is 5.91 Å². The van der Waals surface area contributed by atoms with E-state index in [1.807, 2.05) is 48.5 Å². The highest BCUT2D eigenvalue weighted by atomic mass is 16.5. The Balaban J connectivity index is 1.42. The van der Waals surface area contributed by atoms with E-state index in [4.69, 9.17) is 9.15 Å². The number of oxazole rings is 1. The van der Waals surface area contributed by atoms with Gasteiger partial charge < -0.3 is 14.5 Å². The van der Waals surface area contributed by atoms with E-state index in [0.29, 0.717) is 11.7 Å². The Morgan fingerprint density at radius 2 is 1.87 bits per heavy atom. The van der Waals surface area contributed by atoms with Crippen molar-refractivity contribution in [1.82, 2.24) is 10.3 Å². The second kappa shape index (κ2) is 8.53. The average molecular weight is 404 g/mol. The fourth-order valence-corrected chi connectivity index (χ4v) is 3.75. The Hall–Kier alpha value is -3.41. The number of hydrogen-bond donors (Lipinski definition) is 1. The molecule has 1 aliphatic rings. The number of ether oxygens (including phenoxy) is 1. The molecule has 1 N–H and O–H groups in total. The first kappa shape index (κ1) is 19.9. The number of nitrogens with zero attached hydrogens (tertiary/aromatic N) is 1. The molecule has 1 heterocycles. The molecule has 0 fully saturated rings. The van der Waals surface area contributed by atoms with E-state index in [2.05, 4.69) is 16.4 Å². The first-order chi connectivity index (χ1) is 14.5. The summed E-state index contributed by atoms with van der Waals surface area (Å²) in [5, 5.41) is 3.02. The number of hydrogen-bond acceptors (Lipinski definition) is 5. The quantitative estimate of drug-likeness (QED) is 0.638. The van der Waals surface area contributed by atoms with Crippen molar-refractivity contribution in [2.75, 3.05) is 0 Å². The minimum Gasteiger partial charge on any atom is -0.448 e. The third-order valence-corrected chi connectivity index (χ3v) is 5.35. The molecule has 0 bridgehead atoms. The molecule has 3 aromatic rings. The van der Waals surface area contributed by atoms with Gasteiger partial charge in [0.15, 0.2) is 11.8 Å². The number of nitrogens with one attached hydrogen (secondary N) is 1. The highest BCUT2D eigenvalue weighted by molar-refractivity contribution is 5.92. The summed E-state index contributed by atoms with van der Waals surface area (Å²) in [4.78, 5) is 29.5. The number of carbonyl (C=O) groups is 2. The van der Waals surface area contributed by atoms with E-state index in [-0.39, 0.29) is 17.6 Å². The van der Waals surface area contributed by atoms with E-state index >= 15 is 0 Å². The maximum atomic E-state index is 12.7. The first-order valence-electron chi connectivity index (χ1n) is 10.1. The van der Waals surface area contributed by atoms with E-state index < -0.39 is 12.1 Å². The molecule has 1 aromatic heterocycles. The predicted octanol–water partition coefficient (Wildman–Crippen LogP) is 4.39. The monoisotopic (exact) mass is 404 g/mol. The molecule has 6 nitrogen and oxygen atoms in total. The van der Waals surface area contributed by atoms with Gasteiger partial charge in [0, 0.05) is 5.56 Å². The van der Waals surface area contributed by atoms with Gasteiger partial charge in [-0.25, -0.2) is 9.78 Å². The molecule has 1 aliphatic carbocycles. The van der Waals surface area contributed by atoms with Crippen molar-refractivity contribution >= 4 is 11.9 Å². The van der Waals surface area contributed by atoms with Gasteiger partial charge in [0.05, 0.1) is 6.04 Å². The van der Waals surface area contributed by atoms with Gasteiger partial charge in [0.1, 0.15) is 5.76 Å². The summed E-state index contributed by atoms with van der Waals surface area (Å²) in [6.07, 6.45) is 1.95. The Labute approximate surface area is 175 Å². The van der Waals surface area contributed by atoms with Crippen molar-refractivity contribution in [2.24, 2.45) is 0 Å². The highest BCUT2D eigenvalue weighted by Crippen LogP contribution is 2.29. The van der Waals surface area contributed by atoms with E-state index in [0.717, 1.165) is 30.4 Å². The minimum absolute atomic E-state index is 0.0675. The van der Waals surface area contributed by atoms with Crippen molar-refractivity contribution in [2.45, 2.75) is 45.3 Å². The van der Waals surface area contributed by atoms with Gasteiger partial charge in [-0.05, 0) is 56.4 Å². The lowest BCUT2D eigenvalue weighted by Crippen LogP contribution is -2.39. The molecule has 0 aliphatic heterocycles. The number of esters is 1. The first-order valence-corrected chi connectivity index (χ1v) is 10.1. The number of aryl methyl sites for hydroxylation is 2. The second-order valence-electron chi connectivity index (χ2n) is 7.49. The van der Waals surface area contributed by atoms with E-state index in [1.165, 1.54) is 5.56 Å². The Bertz CT molecular complexity index is 1060. The molecule has 2 atom stereocenters. The Kier molecular flexibility index (Phi) is 5.65. The molecule has 30 heavy (non-hydrogen) atoms. The zero-order valence-corrected chi connectivity index (χ0v) is 17.1. The maximum absolute atomic E-state index is 12.7. The lowest BCUT2D eigenvalue weighted by molar-refractivity contribution is -0.130. The Morgan fingerprint density at radius 1 is 1.13 bits per heavy atom. The van der Waals surface area contributed by atoms with Crippen LogP contribution in [0.3, 0.4) is 0 Å². The standard InChI is InChI=1S/C24H24N2O4/c1-15-21(26-23(29-15)18-10-4-3-5-11-18)24(28)30-16(2)22(27)25-20-14-8-12-17-9-6-7-13-19(17)20/h3-7,9-11,13,16,20H,8,12,14H2,1-2H3,(H,25,27)/t16-,20+/m1/s1. The zero-order chi connectivity index (χ0) is 21.1. The zero-order valence-electron chi connectivity index (χ0n) is 17.1. The SMILES string of the molecule is Cc1oc(-c2ccccc2)nc1C(=O)O[C@H](C)C(=O)N[C@H]1CCCc2ccccc21. The molecule has 154 valence electrons. The molecular weight excluding hydrogens is 380 g/mol. The van der Waals surface area contributed by atoms with Gasteiger partial charge in [-0.3, -0.25) is 4.79 Å². The van der Waals surface area contributed by atoms with Crippen LogP contribution in [0.1, 0.15) is 53.2 Å². The lowest BCUT2D eigenvalue weighted by Gasteiger charge is -2.27. The molecule has 1 amide bonds. The number of benzene rings is 2. The highest BCUT2D eigenvalue weighted by Gasteiger charge is 2.27. The number of carbonyl (C=O) groups excluding carboxylic acids is 2. The number of rotatable bonds is 5. The summed E-state index contributed by atoms with van der Waals surface area (Å²) in [5.41, 5.74) is 3.23. The molecule has 2 aromatic carbocycles. The van der Waals surface area contributed by atoms with Crippen molar-refractivity contribution in [1.29, 1.82) is 0 Å². The number of aromatic nitrogens is 1. The molecular formula is C24H24N2O4. The third kappa shape index (κ3) is 4.13. The largest absolute Gasteiger partial charge is 0.448 e. The molecule has 0 radical (unpaired) electrons. The van der Waals surface area contributed by atoms with Crippen LogP contribution >= 0.6 is 0 Å². The van der Waals surface area contributed by atoms with Crippen LogP contribution in [0.5, 0.6) is 0 Å². The predicted molar refractivity (Wildman–Crippen MR) is 112 cm³/mol. The normalized spacial score (nSPS) is 16.4. The van der Waals surface area contributed by atoms with Crippen LogP contribution in [0.25, 0.3) is 11.5 Å². The summed E-state index contributed by atoms with van der Waals surface area (Å²) < 4.78 is 11.0. The number of fused-ring (bicyclic) bond motifs is 1. The van der Waals surface area contributed by atoms with Gasteiger partial charge in [-0.15, -0.1) is 0 Å².